The summed E-state index contributed by atoms with van der Waals surface area (Å²) in [6.07, 6.45) is 2.65. The molecule has 1 heterocycles. The van der Waals surface area contributed by atoms with Gasteiger partial charge in [0.1, 0.15) is 6.04 Å². The Balaban J connectivity index is 1.71. The van der Waals surface area contributed by atoms with Crippen molar-refractivity contribution in [3.63, 3.8) is 0 Å². The Kier molecular flexibility index (Phi) is 10.4. The smallest absolute Gasteiger partial charge is 0.242 e. The number of ether oxygens (including phenoxy) is 2. The summed E-state index contributed by atoms with van der Waals surface area (Å²) < 4.78 is 37.1. The number of anilines is 1. The molecule has 3 rings (SSSR count). The Hall–Kier alpha value is -3.27. The van der Waals surface area contributed by atoms with E-state index in [0.717, 1.165) is 11.8 Å². The third-order valence-corrected chi connectivity index (χ3v) is 7.55. The predicted molar refractivity (Wildman–Crippen MR) is 148 cm³/mol. The molecule has 0 spiro atoms. The zero-order chi connectivity index (χ0) is 27.7. The molecule has 1 atom stereocenters. The van der Waals surface area contributed by atoms with Crippen molar-refractivity contribution in [1.82, 2.24) is 10.2 Å². The molecule has 2 aromatic rings. The summed E-state index contributed by atoms with van der Waals surface area (Å²) in [6, 6.07) is 14.2. The highest BCUT2D eigenvalue weighted by Crippen LogP contribution is 2.36. The molecular formula is C28H39N3O6S. The van der Waals surface area contributed by atoms with Crippen molar-refractivity contribution >= 4 is 27.5 Å². The van der Waals surface area contributed by atoms with E-state index in [2.05, 4.69) is 5.32 Å². The molecule has 0 fully saturated rings. The van der Waals surface area contributed by atoms with Gasteiger partial charge in [-0.2, -0.15) is 0 Å². The first-order chi connectivity index (χ1) is 18.1. The summed E-state index contributed by atoms with van der Waals surface area (Å²) in [5.41, 5.74) is 1.53. The highest BCUT2D eigenvalue weighted by atomic mass is 32.2. The number of amides is 2. The van der Waals surface area contributed by atoms with Crippen LogP contribution in [0.2, 0.25) is 0 Å². The number of carbonyl (C=O) groups excluding carboxylic acids is 2. The number of rotatable bonds is 14. The van der Waals surface area contributed by atoms with E-state index in [1.165, 1.54) is 4.31 Å². The van der Waals surface area contributed by atoms with E-state index in [1.807, 2.05) is 51.1 Å². The molecule has 9 nitrogen and oxygen atoms in total. The van der Waals surface area contributed by atoms with Gasteiger partial charge in [0.2, 0.25) is 28.6 Å². The molecule has 1 aliphatic heterocycles. The van der Waals surface area contributed by atoms with Gasteiger partial charge in [0.05, 0.1) is 11.9 Å². The van der Waals surface area contributed by atoms with Crippen molar-refractivity contribution < 1.29 is 27.5 Å². The molecule has 1 N–H and O–H groups in total. The predicted octanol–water partition coefficient (Wildman–Crippen LogP) is 3.58. The number of carbonyl (C=O) groups is 2. The van der Waals surface area contributed by atoms with Gasteiger partial charge in [-0.15, -0.1) is 0 Å². The molecule has 10 heteroatoms. The second-order valence-electron chi connectivity index (χ2n) is 9.86. The fraction of sp³-hybridized carbons (Fsp3) is 0.500. The molecule has 1 aliphatic rings. The Morgan fingerprint density at radius 1 is 1.03 bits per heavy atom. The van der Waals surface area contributed by atoms with Gasteiger partial charge < -0.3 is 19.7 Å². The Bertz CT molecular complexity index is 1190. The third kappa shape index (κ3) is 8.11. The monoisotopic (exact) mass is 545 g/mol. The van der Waals surface area contributed by atoms with E-state index in [0.29, 0.717) is 55.5 Å². The maximum absolute atomic E-state index is 13.5. The zero-order valence-corrected chi connectivity index (χ0v) is 23.5. The fourth-order valence-corrected chi connectivity index (χ4v) is 5.32. The van der Waals surface area contributed by atoms with Crippen LogP contribution in [-0.2, 0) is 26.0 Å². The number of benzene rings is 2. The molecule has 38 heavy (non-hydrogen) atoms. The minimum atomic E-state index is -3.60. The van der Waals surface area contributed by atoms with Gasteiger partial charge in [0.25, 0.3) is 0 Å². The average Bonchev–Trinajstić information content (AvgIpc) is 3.35. The van der Waals surface area contributed by atoms with Gasteiger partial charge in [0, 0.05) is 32.1 Å². The minimum Gasteiger partial charge on any atom is -0.454 e. The van der Waals surface area contributed by atoms with Crippen LogP contribution in [0.15, 0.2) is 48.5 Å². The number of nitrogens with one attached hydrogen (secondary N) is 1. The molecule has 0 aromatic heterocycles. The normalized spacial score (nSPS) is 13.3. The number of sulfonamides is 1. The van der Waals surface area contributed by atoms with Crippen molar-refractivity contribution in [3.05, 3.63) is 54.1 Å². The van der Waals surface area contributed by atoms with Crippen molar-refractivity contribution in [1.29, 1.82) is 0 Å². The fourth-order valence-electron chi connectivity index (χ4n) is 4.36. The Morgan fingerprint density at radius 2 is 1.74 bits per heavy atom. The van der Waals surface area contributed by atoms with Gasteiger partial charge in [-0.1, -0.05) is 51.1 Å². The maximum atomic E-state index is 13.5. The standard InChI is InChI=1S/C28H39N3O6S/c1-5-24(28(33)29-19-21(2)3)30(17-15-22-10-7-6-8-11-22)27(32)12-9-16-31(38(4,34)35)23-13-14-25-26(18-23)37-20-36-25/h6-8,10-11,13-14,18,21,24H,5,9,12,15-17,19-20H2,1-4H3,(H,29,33). The molecule has 2 aromatic carbocycles. The number of nitrogens with zero attached hydrogens (tertiary/aromatic N) is 2. The van der Waals surface area contributed by atoms with Crippen molar-refractivity contribution in [2.24, 2.45) is 5.92 Å². The van der Waals surface area contributed by atoms with Gasteiger partial charge >= 0.3 is 0 Å². The van der Waals surface area contributed by atoms with Crippen LogP contribution < -0.4 is 19.1 Å². The summed E-state index contributed by atoms with van der Waals surface area (Å²) in [5, 5.41) is 2.96. The summed E-state index contributed by atoms with van der Waals surface area (Å²) in [5.74, 6) is 1.00. The van der Waals surface area contributed by atoms with E-state index in [1.54, 1.807) is 23.1 Å². The van der Waals surface area contributed by atoms with E-state index in [9.17, 15) is 18.0 Å². The topological polar surface area (TPSA) is 105 Å². The molecular weight excluding hydrogens is 506 g/mol. The zero-order valence-electron chi connectivity index (χ0n) is 22.7. The second-order valence-corrected chi connectivity index (χ2v) is 11.8. The lowest BCUT2D eigenvalue weighted by Crippen LogP contribution is -2.50. The Labute approximate surface area is 226 Å². The number of hydrogen-bond donors (Lipinski definition) is 1. The van der Waals surface area contributed by atoms with E-state index >= 15 is 0 Å². The van der Waals surface area contributed by atoms with Gasteiger partial charge in [-0.3, -0.25) is 13.9 Å². The minimum absolute atomic E-state index is 0.0916. The lowest BCUT2D eigenvalue weighted by Gasteiger charge is -2.31. The summed E-state index contributed by atoms with van der Waals surface area (Å²) >= 11 is 0. The second kappa shape index (κ2) is 13.5. The number of fused-ring (bicyclic) bond motifs is 1. The van der Waals surface area contributed by atoms with Crippen LogP contribution in [-0.4, -0.2) is 63.9 Å². The molecule has 0 saturated heterocycles. The van der Waals surface area contributed by atoms with Crippen molar-refractivity contribution in [3.8, 4) is 11.5 Å². The van der Waals surface area contributed by atoms with Crippen LogP contribution in [0.25, 0.3) is 0 Å². The van der Waals surface area contributed by atoms with Crippen LogP contribution in [0.3, 0.4) is 0 Å². The van der Waals surface area contributed by atoms with E-state index in [4.69, 9.17) is 9.47 Å². The number of hydrogen-bond acceptors (Lipinski definition) is 6. The molecule has 2 amide bonds. The van der Waals surface area contributed by atoms with Crippen molar-refractivity contribution in [2.45, 2.75) is 52.5 Å². The molecule has 0 radical (unpaired) electrons. The molecule has 0 bridgehead atoms. The summed E-state index contributed by atoms with van der Waals surface area (Å²) in [7, 11) is -3.60. The SMILES string of the molecule is CCC(C(=O)NCC(C)C)N(CCc1ccccc1)C(=O)CCCN(c1ccc2c(c1)OCO2)S(C)(=O)=O. The van der Waals surface area contributed by atoms with Crippen molar-refractivity contribution in [2.75, 3.05) is 37.0 Å². The van der Waals surface area contributed by atoms with Gasteiger partial charge in [0.15, 0.2) is 11.5 Å². The first kappa shape index (κ1) is 29.3. The lowest BCUT2D eigenvalue weighted by molar-refractivity contribution is -0.140. The molecule has 1 unspecified atom stereocenters. The van der Waals surface area contributed by atoms with Crippen LogP contribution in [0, 0.1) is 5.92 Å². The average molecular weight is 546 g/mol. The molecule has 208 valence electrons. The van der Waals surface area contributed by atoms with E-state index in [-0.39, 0.29) is 31.6 Å². The largest absolute Gasteiger partial charge is 0.454 e. The van der Waals surface area contributed by atoms with Crippen LogP contribution in [0.5, 0.6) is 11.5 Å². The lowest BCUT2D eigenvalue weighted by atomic mass is 10.1. The van der Waals surface area contributed by atoms with Gasteiger partial charge in [-0.05, 0) is 42.9 Å². The van der Waals surface area contributed by atoms with E-state index < -0.39 is 16.1 Å². The van der Waals surface area contributed by atoms with Crippen LogP contribution in [0.1, 0.15) is 45.6 Å². The maximum Gasteiger partial charge on any atom is 0.242 e. The summed E-state index contributed by atoms with van der Waals surface area (Å²) in [6.45, 7) is 7.08. The Morgan fingerprint density at radius 3 is 2.39 bits per heavy atom. The van der Waals surface area contributed by atoms with Gasteiger partial charge in [-0.25, -0.2) is 8.42 Å². The van der Waals surface area contributed by atoms with Crippen LogP contribution in [0.4, 0.5) is 5.69 Å². The highest BCUT2D eigenvalue weighted by Gasteiger charge is 2.29. The first-order valence-corrected chi connectivity index (χ1v) is 14.9. The van der Waals surface area contributed by atoms with Crippen LogP contribution >= 0.6 is 0 Å². The molecule has 0 saturated carbocycles. The quantitative estimate of drug-likeness (QED) is 0.389. The highest BCUT2D eigenvalue weighted by molar-refractivity contribution is 7.92. The first-order valence-electron chi connectivity index (χ1n) is 13.1. The summed E-state index contributed by atoms with van der Waals surface area (Å²) in [4.78, 5) is 28.1. The third-order valence-electron chi connectivity index (χ3n) is 6.35. The molecule has 0 aliphatic carbocycles.